The quantitative estimate of drug-likeness (QED) is 0.177. The van der Waals surface area contributed by atoms with E-state index in [2.05, 4.69) is 20.4 Å². The van der Waals surface area contributed by atoms with Gasteiger partial charge in [-0.15, -0.1) is 6.58 Å². The maximum atomic E-state index is 12.4. The number of carbonyl (C=O) groups is 1. The molecule has 2 N–H and O–H groups in total. The van der Waals surface area contributed by atoms with E-state index in [4.69, 9.17) is 9.84 Å². The molecule has 34 heavy (non-hydrogen) atoms. The smallest absolute Gasteiger partial charge is 0.331 e. The Balaban J connectivity index is 2.35. The number of ether oxygens (including phenoxy) is 1. The summed E-state index contributed by atoms with van der Waals surface area (Å²) in [5.74, 6) is -0.718. The van der Waals surface area contributed by atoms with Crippen LogP contribution in [0.2, 0.25) is 0 Å². The molecule has 0 amide bonds. The van der Waals surface area contributed by atoms with Crippen molar-refractivity contribution in [2.45, 2.75) is 111 Å². The van der Waals surface area contributed by atoms with Crippen LogP contribution in [0.4, 0.5) is 0 Å². The Bertz CT molecular complexity index is 793. The maximum absolute atomic E-state index is 12.4. The van der Waals surface area contributed by atoms with Gasteiger partial charge in [0.2, 0.25) is 5.88 Å². The van der Waals surface area contributed by atoms with Crippen LogP contribution in [-0.2, 0) is 22.6 Å². The molecule has 1 rings (SSSR count). The molecule has 0 radical (unpaired) electrons. The van der Waals surface area contributed by atoms with Crippen molar-refractivity contribution in [1.82, 2.24) is 9.13 Å². The van der Waals surface area contributed by atoms with E-state index in [1.54, 1.807) is 0 Å². The number of aliphatic carboxylic acids is 1. The van der Waals surface area contributed by atoms with E-state index in [0.29, 0.717) is 19.7 Å². The zero-order valence-electron chi connectivity index (χ0n) is 22.0. The number of unbranched alkanes of at least 4 members (excludes halogenated alkanes) is 2. The number of allylic oxidation sites excluding steroid dienone is 1. The van der Waals surface area contributed by atoms with E-state index in [1.807, 2.05) is 19.9 Å². The van der Waals surface area contributed by atoms with Gasteiger partial charge in [0.05, 0.1) is 12.6 Å². The Morgan fingerprint density at radius 2 is 1.65 bits per heavy atom. The topological polar surface area (TPSA) is 93.7 Å². The second-order valence-corrected chi connectivity index (χ2v) is 9.68. The van der Waals surface area contributed by atoms with Crippen LogP contribution in [0.1, 0.15) is 98.3 Å². The summed E-state index contributed by atoms with van der Waals surface area (Å²) in [7, 11) is 0. The Labute approximate surface area is 205 Å². The highest BCUT2D eigenvalue weighted by molar-refractivity contribution is 5.68. The largest absolute Gasteiger partial charge is 0.493 e. The Hall–Kier alpha value is -2.02. The first-order chi connectivity index (χ1) is 16.2. The van der Waals surface area contributed by atoms with E-state index in [1.165, 1.54) is 15.3 Å². The van der Waals surface area contributed by atoms with Crippen LogP contribution in [0.15, 0.2) is 23.6 Å². The van der Waals surface area contributed by atoms with Crippen LogP contribution in [-0.4, -0.2) is 38.5 Å². The lowest BCUT2D eigenvalue weighted by molar-refractivity contribution is -0.139. The number of nitrogens with zero attached hydrogens (tertiary/aromatic N) is 2. The number of hydrogen-bond acceptors (Lipinski definition) is 4. The molecule has 0 aromatic carbocycles. The van der Waals surface area contributed by atoms with Crippen molar-refractivity contribution in [3.05, 3.63) is 29.3 Å². The van der Waals surface area contributed by atoms with Crippen molar-refractivity contribution >= 4 is 5.97 Å². The van der Waals surface area contributed by atoms with Crippen molar-refractivity contribution in [2.24, 2.45) is 10.8 Å². The number of imidazole rings is 1. The molecule has 0 aliphatic carbocycles. The maximum Gasteiger partial charge on any atom is 0.331 e. The molecule has 1 unspecified atom stereocenters. The number of rotatable bonds is 20. The molecule has 0 fully saturated rings. The minimum Gasteiger partial charge on any atom is -0.493 e. The molecule has 1 aromatic rings. The normalized spacial score (nSPS) is 13.6. The van der Waals surface area contributed by atoms with Gasteiger partial charge >= 0.3 is 11.7 Å². The third-order valence-corrected chi connectivity index (χ3v) is 7.83. The Kier molecular flexibility index (Phi) is 13.3. The van der Waals surface area contributed by atoms with Gasteiger partial charge in [0.1, 0.15) is 0 Å². The average molecular weight is 481 g/mol. The van der Waals surface area contributed by atoms with Gasteiger partial charge in [-0.2, -0.15) is 0 Å². The molecule has 0 spiro atoms. The van der Waals surface area contributed by atoms with Gasteiger partial charge in [-0.3, -0.25) is 13.9 Å². The van der Waals surface area contributed by atoms with Gasteiger partial charge in [-0.25, -0.2) is 4.79 Å². The molecule has 0 saturated carbocycles. The third-order valence-electron chi connectivity index (χ3n) is 7.83. The molecule has 0 bridgehead atoms. The zero-order chi connectivity index (χ0) is 25.6. The zero-order valence-corrected chi connectivity index (χ0v) is 22.0. The molecule has 1 heterocycles. The Morgan fingerprint density at radius 1 is 1.03 bits per heavy atom. The molecule has 7 heteroatoms. The highest BCUT2D eigenvalue weighted by Crippen LogP contribution is 2.37. The van der Waals surface area contributed by atoms with E-state index in [0.717, 1.165) is 70.8 Å². The fourth-order valence-electron chi connectivity index (χ4n) is 4.88. The summed E-state index contributed by atoms with van der Waals surface area (Å²) >= 11 is 0. The highest BCUT2D eigenvalue weighted by atomic mass is 16.5. The van der Waals surface area contributed by atoms with E-state index in [-0.39, 0.29) is 28.8 Å². The predicted octanol–water partition coefficient (Wildman–Crippen LogP) is 5.99. The van der Waals surface area contributed by atoms with Gasteiger partial charge < -0.3 is 14.9 Å². The van der Waals surface area contributed by atoms with Gasteiger partial charge in [0.25, 0.3) is 0 Å². The fraction of sp³-hybridized carbons (Fsp3) is 0.778. The van der Waals surface area contributed by atoms with Gasteiger partial charge in [-0.1, -0.05) is 52.5 Å². The standard InChI is InChI=1S/C27H48N2O5/c1-6-26(7-2,17-18-29-23(30)22-28(10-5)25(29)33)15-11-13-19-34-20-14-12-16-27(8-3,9-4)21-24(31)32/h8,22,30H,3,6-7,9-21H2,1-2,4-5H3,(H,31,32). The molecule has 1 aromatic heterocycles. The molecule has 196 valence electrons. The van der Waals surface area contributed by atoms with Gasteiger partial charge in [0.15, 0.2) is 0 Å². The number of aromatic nitrogens is 2. The average Bonchev–Trinajstić information content (AvgIpc) is 3.11. The number of carboxylic acids is 1. The predicted molar refractivity (Wildman–Crippen MR) is 137 cm³/mol. The number of aromatic hydroxyl groups is 1. The summed E-state index contributed by atoms with van der Waals surface area (Å²) in [6.45, 7) is 14.7. The molecule has 0 aliphatic rings. The summed E-state index contributed by atoms with van der Waals surface area (Å²) in [4.78, 5) is 23.5. The van der Waals surface area contributed by atoms with Crippen LogP contribution in [0.5, 0.6) is 5.88 Å². The van der Waals surface area contributed by atoms with Gasteiger partial charge in [0, 0.05) is 26.3 Å². The monoisotopic (exact) mass is 480 g/mol. The molecular formula is C27H48N2O5. The fourth-order valence-corrected chi connectivity index (χ4v) is 4.88. The molecule has 1 atom stereocenters. The van der Waals surface area contributed by atoms with Crippen molar-refractivity contribution in [2.75, 3.05) is 13.2 Å². The van der Waals surface area contributed by atoms with Crippen molar-refractivity contribution < 1.29 is 19.7 Å². The second kappa shape index (κ2) is 15.1. The summed E-state index contributed by atoms with van der Waals surface area (Å²) in [6, 6.07) is 0. The van der Waals surface area contributed by atoms with Crippen molar-refractivity contribution in [3.63, 3.8) is 0 Å². The van der Waals surface area contributed by atoms with E-state index >= 15 is 0 Å². The summed E-state index contributed by atoms with van der Waals surface area (Å²) in [6.07, 6.45) is 13.1. The van der Waals surface area contributed by atoms with Crippen molar-refractivity contribution in [1.29, 1.82) is 0 Å². The van der Waals surface area contributed by atoms with Crippen LogP contribution >= 0.6 is 0 Å². The molecular weight excluding hydrogens is 432 g/mol. The van der Waals surface area contributed by atoms with Crippen LogP contribution in [0, 0.1) is 10.8 Å². The van der Waals surface area contributed by atoms with Crippen LogP contribution in [0.25, 0.3) is 0 Å². The highest BCUT2D eigenvalue weighted by Gasteiger charge is 2.27. The van der Waals surface area contributed by atoms with Crippen LogP contribution in [0.3, 0.4) is 0 Å². The number of hydrogen-bond donors (Lipinski definition) is 2. The Morgan fingerprint density at radius 3 is 2.12 bits per heavy atom. The minimum absolute atomic E-state index is 0.0496. The lowest BCUT2D eigenvalue weighted by Crippen LogP contribution is -2.27. The number of carboxylic acid groups (broad SMARTS) is 1. The first kappa shape index (κ1) is 30.0. The second-order valence-electron chi connectivity index (χ2n) is 9.68. The SMILES string of the molecule is C=CC(CC)(CCCCOCCCCC(CC)(CC)CCn1c(O)cn(CC)c1=O)CC(=O)O. The lowest BCUT2D eigenvalue weighted by atomic mass is 9.75. The van der Waals surface area contributed by atoms with E-state index < -0.39 is 5.97 Å². The summed E-state index contributed by atoms with van der Waals surface area (Å²) in [5.41, 5.74) is -0.281. The first-order valence-corrected chi connectivity index (χ1v) is 13.1. The minimum atomic E-state index is -0.767. The van der Waals surface area contributed by atoms with Crippen LogP contribution < -0.4 is 5.69 Å². The molecule has 7 nitrogen and oxygen atoms in total. The lowest BCUT2D eigenvalue weighted by Gasteiger charge is -2.32. The molecule has 0 aliphatic heterocycles. The summed E-state index contributed by atoms with van der Waals surface area (Å²) < 4.78 is 8.86. The number of aryl methyl sites for hydroxylation is 1. The van der Waals surface area contributed by atoms with E-state index in [9.17, 15) is 14.7 Å². The van der Waals surface area contributed by atoms with Gasteiger partial charge in [-0.05, 0) is 56.3 Å². The third kappa shape index (κ3) is 8.97. The molecule has 0 saturated heterocycles. The summed E-state index contributed by atoms with van der Waals surface area (Å²) in [5, 5.41) is 19.3. The van der Waals surface area contributed by atoms with Crippen molar-refractivity contribution in [3.8, 4) is 5.88 Å². The first-order valence-electron chi connectivity index (χ1n) is 13.1.